The van der Waals surface area contributed by atoms with Crippen LogP contribution in [0.5, 0.6) is 0 Å². The van der Waals surface area contributed by atoms with Gasteiger partial charge in [0.1, 0.15) is 11.7 Å². The van der Waals surface area contributed by atoms with Gasteiger partial charge in [-0.15, -0.1) is 0 Å². The number of nitriles is 1. The number of nitro groups is 1. The van der Waals surface area contributed by atoms with Crippen LogP contribution in [-0.4, -0.2) is 24.0 Å². The quantitative estimate of drug-likeness (QED) is 0.491. The first-order chi connectivity index (χ1) is 8.49. The van der Waals surface area contributed by atoms with Crippen molar-refractivity contribution >= 4 is 17.3 Å². The molecule has 0 aromatic heterocycles. The lowest BCUT2D eigenvalue weighted by Gasteiger charge is -2.13. The fraction of sp³-hybridized carbons (Fsp3) is 0.273. The molecule has 0 bridgehead atoms. The summed E-state index contributed by atoms with van der Waals surface area (Å²) < 4.78 is 4.50. The van der Waals surface area contributed by atoms with Gasteiger partial charge in [-0.05, 0) is 19.1 Å². The normalized spacial score (nSPS) is 11.2. The third-order valence-electron chi connectivity index (χ3n) is 2.25. The summed E-state index contributed by atoms with van der Waals surface area (Å²) in [7, 11) is 1.22. The molecule has 1 N–H and O–H groups in total. The molecule has 0 spiro atoms. The molecular weight excluding hydrogens is 238 g/mol. The average molecular weight is 249 g/mol. The van der Waals surface area contributed by atoms with Gasteiger partial charge in [0.05, 0.1) is 23.7 Å². The van der Waals surface area contributed by atoms with Crippen LogP contribution >= 0.6 is 0 Å². The van der Waals surface area contributed by atoms with Crippen LogP contribution in [0.4, 0.5) is 11.4 Å². The second-order valence-electron chi connectivity index (χ2n) is 3.49. The lowest BCUT2D eigenvalue weighted by molar-refractivity contribution is -0.384. The second kappa shape index (κ2) is 5.63. The molecule has 7 heteroatoms. The minimum absolute atomic E-state index is 0.108. The lowest BCUT2D eigenvalue weighted by atomic mass is 10.1. The predicted molar refractivity (Wildman–Crippen MR) is 62.9 cm³/mol. The topological polar surface area (TPSA) is 105 Å². The number of methoxy groups -OCH3 is 1. The van der Waals surface area contributed by atoms with Crippen molar-refractivity contribution in [3.05, 3.63) is 33.9 Å². The second-order valence-corrected chi connectivity index (χ2v) is 3.49. The molecule has 0 heterocycles. The summed E-state index contributed by atoms with van der Waals surface area (Å²) in [6.45, 7) is 1.51. The van der Waals surface area contributed by atoms with Gasteiger partial charge in [-0.25, -0.2) is 4.79 Å². The maximum Gasteiger partial charge on any atom is 0.327 e. The molecule has 1 aromatic rings. The zero-order chi connectivity index (χ0) is 13.7. The zero-order valence-corrected chi connectivity index (χ0v) is 9.84. The Balaban J connectivity index is 3.09. The number of esters is 1. The van der Waals surface area contributed by atoms with Crippen molar-refractivity contribution in [2.45, 2.75) is 13.0 Å². The first-order valence-electron chi connectivity index (χ1n) is 5.02. The summed E-state index contributed by atoms with van der Waals surface area (Å²) in [6.07, 6.45) is 0. The van der Waals surface area contributed by atoms with E-state index >= 15 is 0 Å². The number of anilines is 1. The molecular formula is C11H11N3O4. The highest BCUT2D eigenvalue weighted by Crippen LogP contribution is 2.25. The van der Waals surface area contributed by atoms with E-state index in [1.807, 2.05) is 6.07 Å². The van der Waals surface area contributed by atoms with Crippen LogP contribution in [0.2, 0.25) is 0 Å². The van der Waals surface area contributed by atoms with Gasteiger partial charge < -0.3 is 10.1 Å². The molecule has 1 atom stereocenters. The maximum absolute atomic E-state index is 11.2. The lowest BCUT2D eigenvalue weighted by Crippen LogP contribution is -2.27. The first-order valence-corrected chi connectivity index (χ1v) is 5.02. The minimum atomic E-state index is -0.748. The van der Waals surface area contributed by atoms with Gasteiger partial charge in [-0.2, -0.15) is 5.26 Å². The molecule has 1 rings (SSSR count). The number of carbonyl (C=O) groups excluding carboxylic acids is 1. The van der Waals surface area contributed by atoms with Gasteiger partial charge in [-0.3, -0.25) is 10.1 Å². The molecule has 7 nitrogen and oxygen atoms in total. The molecule has 18 heavy (non-hydrogen) atoms. The van der Waals surface area contributed by atoms with Crippen molar-refractivity contribution in [3.63, 3.8) is 0 Å². The Hall–Kier alpha value is -2.62. The number of nitrogens with one attached hydrogen (secondary N) is 1. The van der Waals surface area contributed by atoms with Gasteiger partial charge in [-0.1, -0.05) is 0 Å². The molecule has 0 saturated heterocycles. The Morgan fingerprint density at radius 1 is 1.61 bits per heavy atom. The van der Waals surface area contributed by atoms with Crippen molar-refractivity contribution < 1.29 is 14.5 Å². The van der Waals surface area contributed by atoms with Crippen LogP contribution in [0.3, 0.4) is 0 Å². The third-order valence-corrected chi connectivity index (χ3v) is 2.25. The summed E-state index contributed by atoms with van der Waals surface area (Å²) in [6, 6.07) is 4.99. The summed E-state index contributed by atoms with van der Waals surface area (Å²) in [5.41, 5.74) is 0.168. The summed E-state index contributed by atoms with van der Waals surface area (Å²) in [5, 5.41) is 22.2. The van der Waals surface area contributed by atoms with E-state index in [1.165, 1.54) is 32.2 Å². The molecule has 1 unspecified atom stereocenters. The molecule has 0 aliphatic carbocycles. The van der Waals surface area contributed by atoms with E-state index in [2.05, 4.69) is 10.1 Å². The highest BCUT2D eigenvalue weighted by molar-refractivity contribution is 5.80. The number of hydrogen-bond acceptors (Lipinski definition) is 6. The van der Waals surface area contributed by atoms with Gasteiger partial charge in [0.15, 0.2) is 0 Å². The molecule has 0 amide bonds. The van der Waals surface area contributed by atoms with Crippen molar-refractivity contribution in [2.75, 3.05) is 12.4 Å². The predicted octanol–water partition coefficient (Wildman–Crippen LogP) is 1.44. The highest BCUT2D eigenvalue weighted by atomic mass is 16.6. The standard InChI is InChI=1S/C11H11N3O4/c1-7(11(15)18-2)13-9-5-8(6-12)3-4-10(9)14(16)17/h3-5,7,13H,1-2H3. The number of carbonyl (C=O) groups is 1. The Morgan fingerprint density at radius 2 is 2.28 bits per heavy atom. The van der Waals surface area contributed by atoms with Crippen molar-refractivity contribution in [1.29, 1.82) is 5.26 Å². The van der Waals surface area contributed by atoms with Gasteiger partial charge in [0.25, 0.3) is 5.69 Å². The van der Waals surface area contributed by atoms with E-state index in [0.717, 1.165) is 0 Å². The number of hydrogen-bond donors (Lipinski definition) is 1. The zero-order valence-electron chi connectivity index (χ0n) is 9.84. The minimum Gasteiger partial charge on any atom is -0.467 e. The maximum atomic E-state index is 11.2. The average Bonchev–Trinajstić information content (AvgIpc) is 2.37. The Labute approximate surface area is 103 Å². The van der Waals surface area contributed by atoms with Crippen LogP contribution in [0, 0.1) is 21.4 Å². The van der Waals surface area contributed by atoms with Crippen LogP contribution in [-0.2, 0) is 9.53 Å². The molecule has 94 valence electrons. The fourth-order valence-electron chi connectivity index (χ4n) is 1.35. The van der Waals surface area contributed by atoms with Gasteiger partial charge >= 0.3 is 5.97 Å². The van der Waals surface area contributed by atoms with E-state index in [4.69, 9.17) is 5.26 Å². The van der Waals surface area contributed by atoms with E-state index in [-0.39, 0.29) is 16.9 Å². The Morgan fingerprint density at radius 3 is 2.78 bits per heavy atom. The summed E-state index contributed by atoms with van der Waals surface area (Å²) in [4.78, 5) is 21.5. The number of rotatable bonds is 4. The monoisotopic (exact) mass is 249 g/mol. The first kappa shape index (κ1) is 13.4. The Bertz CT molecular complexity index is 522. The summed E-state index contributed by atoms with van der Waals surface area (Å²) in [5.74, 6) is -0.549. The third kappa shape index (κ3) is 2.95. The largest absolute Gasteiger partial charge is 0.467 e. The number of nitro benzene ring substituents is 1. The van der Waals surface area contributed by atoms with Gasteiger partial charge in [0, 0.05) is 6.07 Å². The van der Waals surface area contributed by atoms with Crippen molar-refractivity contribution in [2.24, 2.45) is 0 Å². The van der Waals surface area contributed by atoms with E-state index < -0.39 is 16.9 Å². The highest BCUT2D eigenvalue weighted by Gasteiger charge is 2.19. The van der Waals surface area contributed by atoms with Crippen LogP contribution < -0.4 is 5.32 Å². The smallest absolute Gasteiger partial charge is 0.327 e. The molecule has 0 radical (unpaired) electrons. The van der Waals surface area contributed by atoms with Crippen LogP contribution in [0.15, 0.2) is 18.2 Å². The van der Waals surface area contributed by atoms with Crippen molar-refractivity contribution in [1.82, 2.24) is 0 Å². The summed E-state index contributed by atoms with van der Waals surface area (Å²) >= 11 is 0. The molecule has 0 aliphatic heterocycles. The SMILES string of the molecule is COC(=O)C(C)Nc1cc(C#N)ccc1[N+](=O)[O-]. The van der Waals surface area contributed by atoms with E-state index in [9.17, 15) is 14.9 Å². The van der Waals surface area contributed by atoms with Crippen LogP contribution in [0.25, 0.3) is 0 Å². The Kier molecular flexibility index (Phi) is 4.21. The van der Waals surface area contributed by atoms with E-state index in [1.54, 1.807) is 0 Å². The number of ether oxygens (including phenoxy) is 1. The van der Waals surface area contributed by atoms with Gasteiger partial charge in [0.2, 0.25) is 0 Å². The van der Waals surface area contributed by atoms with E-state index in [0.29, 0.717) is 0 Å². The number of nitrogens with zero attached hydrogens (tertiary/aromatic N) is 2. The van der Waals surface area contributed by atoms with Crippen molar-refractivity contribution in [3.8, 4) is 6.07 Å². The number of benzene rings is 1. The fourth-order valence-corrected chi connectivity index (χ4v) is 1.35. The van der Waals surface area contributed by atoms with Crippen LogP contribution in [0.1, 0.15) is 12.5 Å². The molecule has 0 saturated carbocycles. The molecule has 0 aliphatic rings. The molecule has 0 fully saturated rings. The molecule has 1 aromatic carbocycles.